The number of hydrogen-bond donors (Lipinski definition) is 1. The van der Waals surface area contributed by atoms with E-state index >= 15 is 0 Å². The Kier molecular flexibility index (Phi) is 8.96. The molecule has 4 atom stereocenters. The van der Waals surface area contributed by atoms with Crippen LogP contribution in [0.15, 0.2) is 108 Å². The van der Waals surface area contributed by atoms with Crippen LogP contribution < -0.4 is 11.4 Å². The molecule has 1 unspecified atom stereocenters. The number of rotatable bonds is 9. The first-order valence-corrected chi connectivity index (χ1v) is 13.7. The smallest absolute Gasteiger partial charge is 0.351 e. The third-order valence-electron chi connectivity index (χ3n) is 6.98. The second-order valence-electron chi connectivity index (χ2n) is 10.0. The van der Waals surface area contributed by atoms with E-state index in [9.17, 15) is 24.0 Å². The fraction of sp³-hybridized carbons (Fsp3) is 0.152. The van der Waals surface area contributed by atoms with Crippen molar-refractivity contribution >= 4 is 36.1 Å². The minimum Gasteiger partial charge on any atom is -0.448 e. The monoisotopic (exact) mass is 609 g/mol. The van der Waals surface area contributed by atoms with Gasteiger partial charge in [0.05, 0.1) is 16.7 Å². The van der Waals surface area contributed by atoms with Gasteiger partial charge in [-0.1, -0.05) is 54.6 Å². The predicted octanol–water partition coefficient (Wildman–Crippen LogP) is 3.59. The van der Waals surface area contributed by atoms with Crippen molar-refractivity contribution in [1.82, 2.24) is 9.55 Å². The highest BCUT2D eigenvalue weighted by Crippen LogP contribution is 2.44. The maximum absolute atomic E-state index is 13.5. The van der Waals surface area contributed by atoms with Crippen LogP contribution in [-0.2, 0) is 23.7 Å². The standard InChI is InChI=1S/C33H27N3O9/c1-33(45-29(40)23-16-9-4-10-17-23)25(42-27(38)21-12-5-2-6-13-21)30(43-28(39)22-14-7-3-8-15-22)44-31(33)36-20-24(18-11-19-37)26(34)35-32(36)41/h2-20,25,30-31H,1H3,(H2,34,35,41)/t25-,30?,31-,33-/m1/s1. The van der Waals surface area contributed by atoms with Crippen LogP contribution >= 0.6 is 0 Å². The Labute approximate surface area is 256 Å². The summed E-state index contributed by atoms with van der Waals surface area (Å²) in [6.45, 7) is 1.38. The van der Waals surface area contributed by atoms with E-state index in [0.717, 1.165) is 10.6 Å². The third-order valence-corrected chi connectivity index (χ3v) is 6.98. The first-order chi connectivity index (χ1) is 21.7. The van der Waals surface area contributed by atoms with Crippen LogP contribution in [0.25, 0.3) is 6.08 Å². The van der Waals surface area contributed by atoms with Gasteiger partial charge in [0.1, 0.15) is 12.1 Å². The maximum atomic E-state index is 13.5. The number of ether oxygens (including phenoxy) is 4. The van der Waals surface area contributed by atoms with E-state index in [0.29, 0.717) is 6.29 Å². The zero-order valence-electron chi connectivity index (χ0n) is 23.8. The van der Waals surface area contributed by atoms with Crippen molar-refractivity contribution in [2.45, 2.75) is 31.1 Å². The average Bonchev–Trinajstić information content (AvgIpc) is 3.31. The van der Waals surface area contributed by atoms with Gasteiger partial charge in [0.2, 0.25) is 12.4 Å². The summed E-state index contributed by atoms with van der Waals surface area (Å²) in [6, 6.07) is 23.9. The summed E-state index contributed by atoms with van der Waals surface area (Å²) in [6.07, 6.45) is -0.659. The topological polar surface area (TPSA) is 166 Å². The van der Waals surface area contributed by atoms with Gasteiger partial charge in [-0.2, -0.15) is 4.98 Å². The molecule has 0 spiro atoms. The molecule has 0 radical (unpaired) electrons. The van der Waals surface area contributed by atoms with Gasteiger partial charge < -0.3 is 24.7 Å². The number of aromatic nitrogens is 2. The molecule has 0 aliphatic carbocycles. The number of anilines is 1. The molecule has 12 nitrogen and oxygen atoms in total. The summed E-state index contributed by atoms with van der Waals surface area (Å²) >= 11 is 0. The van der Waals surface area contributed by atoms with Gasteiger partial charge >= 0.3 is 23.6 Å². The van der Waals surface area contributed by atoms with Gasteiger partial charge in [0.25, 0.3) is 0 Å². The minimum atomic E-state index is -2.01. The Morgan fingerprint density at radius 3 is 1.89 bits per heavy atom. The van der Waals surface area contributed by atoms with Gasteiger partial charge in [-0.25, -0.2) is 19.2 Å². The predicted molar refractivity (Wildman–Crippen MR) is 160 cm³/mol. The molecule has 1 aliphatic heterocycles. The Hall–Kier alpha value is -5.88. The van der Waals surface area contributed by atoms with Crippen molar-refractivity contribution in [2.75, 3.05) is 5.73 Å². The maximum Gasteiger partial charge on any atom is 0.351 e. The summed E-state index contributed by atoms with van der Waals surface area (Å²) in [4.78, 5) is 68.1. The summed E-state index contributed by atoms with van der Waals surface area (Å²) < 4.78 is 24.6. The zero-order valence-corrected chi connectivity index (χ0v) is 23.8. The number of nitrogen functional groups attached to an aromatic ring is 1. The number of nitrogens with two attached hydrogens (primary N) is 1. The van der Waals surface area contributed by atoms with Crippen molar-refractivity contribution in [3.8, 4) is 0 Å². The van der Waals surface area contributed by atoms with Gasteiger partial charge in [-0.3, -0.25) is 9.36 Å². The Morgan fingerprint density at radius 1 is 0.844 bits per heavy atom. The van der Waals surface area contributed by atoms with Gasteiger partial charge in [0.15, 0.2) is 11.8 Å². The summed E-state index contributed by atoms with van der Waals surface area (Å²) in [5, 5.41) is 0. The molecule has 0 bridgehead atoms. The van der Waals surface area contributed by atoms with Crippen LogP contribution in [0, 0.1) is 0 Å². The molecule has 228 valence electrons. The summed E-state index contributed by atoms with van der Waals surface area (Å²) in [5.41, 5.74) is 3.59. The fourth-order valence-corrected chi connectivity index (χ4v) is 4.73. The second kappa shape index (κ2) is 13.2. The number of esters is 3. The first-order valence-electron chi connectivity index (χ1n) is 13.7. The van der Waals surface area contributed by atoms with E-state index in [4.69, 9.17) is 24.7 Å². The molecule has 4 aromatic rings. The van der Waals surface area contributed by atoms with Crippen LogP contribution in [0.3, 0.4) is 0 Å². The molecule has 1 aliphatic rings. The molecule has 5 rings (SSSR count). The molecule has 2 heterocycles. The number of aldehydes is 1. The van der Waals surface area contributed by atoms with Crippen molar-refractivity contribution in [1.29, 1.82) is 0 Å². The van der Waals surface area contributed by atoms with Crippen molar-refractivity contribution in [3.05, 3.63) is 136 Å². The molecule has 45 heavy (non-hydrogen) atoms. The number of carbonyl (C=O) groups is 4. The third kappa shape index (κ3) is 6.55. The van der Waals surface area contributed by atoms with Gasteiger partial charge in [-0.05, 0) is 55.5 Å². The molecule has 0 saturated carbocycles. The SMILES string of the molecule is C[C@@]1(OC(=O)c2ccccc2)[C@H](OC(=O)c2ccccc2)C(OC(=O)c2ccccc2)O[C@H]1n1cc(C=CC=O)c(N)nc1=O. The van der Waals surface area contributed by atoms with Crippen LogP contribution in [0.4, 0.5) is 5.82 Å². The molecule has 3 aromatic carbocycles. The highest BCUT2D eigenvalue weighted by atomic mass is 16.8. The van der Waals surface area contributed by atoms with E-state index in [-0.39, 0.29) is 28.1 Å². The minimum absolute atomic E-state index is 0.146. The van der Waals surface area contributed by atoms with Crippen molar-refractivity contribution < 1.29 is 38.1 Å². The number of hydrogen-bond acceptors (Lipinski definition) is 11. The molecular formula is C33H27N3O9. The quantitative estimate of drug-likeness (QED) is 0.128. The largest absolute Gasteiger partial charge is 0.448 e. The van der Waals surface area contributed by atoms with E-state index in [2.05, 4.69) is 4.98 Å². The van der Waals surface area contributed by atoms with Crippen LogP contribution in [0.5, 0.6) is 0 Å². The molecule has 1 saturated heterocycles. The zero-order chi connectivity index (χ0) is 32.0. The van der Waals surface area contributed by atoms with Crippen LogP contribution in [0.1, 0.15) is 49.8 Å². The summed E-state index contributed by atoms with van der Waals surface area (Å²) in [5.74, 6) is -2.71. The van der Waals surface area contributed by atoms with E-state index < -0.39 is 47.8 Å². The normalized spacial score (nSPS) is 20.8. The molecule has 1 aromatic heterocycles. The van der Waals surface area contributed by atoms with Crippen molar-refractivity contribution in [2.24, 2.45) is 0 Å². The molecule has 0 amide bonds. The average molecular weight is 610 g/mol. The Balaban J connectivity index is 1.63. The molecule has 2 N–H and O–H groups in total. The Morgan fingerprint density at radius 2 is 1.36 bits per heavy atom. The second-order valence-corrected chi connectivity index (χ2v) is 10.0. The number of allylic oxidation sites excluding steroid dienone is 1. The number of benzene rings is 3. The van der Waals surface area contributed by atoms with Crippen LogP contribution in [-0.4, -0.2) is 51.7 Å². The lowest BCUT2D eigenvalue weighted by Gasteiger charge is -2.34. The van der Waals surface area contributed by atoms with Gasteiger partial charge in [0, 0.05) is 11.8 Å². The lowest BCUT2D eigenvalue weighted by atomic mass is 9.97. The Bertz CT molecular complexity index is 1790. The van der Waals surface area contributed by atoms with Crippen LogP contribution in [0.2, 0.25) is 0 Å². The number of carbonyl (C=O) groups excluding carboxylic acids is 4. The molecule has 12 heteroatoms. The van der Waals surface area contributed by atoms with Crippen molar-refractivity contribution in [3.63, 3.8) is 0 Å². The highest BCUT2D eigenvalue weighted by molar-refractivity contribution is 5.91. The van der Waals surface area contributed by atoms with E-state index in [1.165, 1.54) is 55.6 Å². The van der Waals surface area contributed by atoms with E-state index in [1.54, 1.807) is 54.6 Å². The first kappa shape index (κ1) is 30.6. The highest BCUT2D eigenvalue weighted by Gasteiger charge is 2.62. The fourth-order valence-electron chi connectivity index (χ4n) is 4.73. The van der Waals surface area contributed by atoms with Gasteiger partial charge in [-0.15, -0.1) is 0 Å². The molecule has 1 fully saturated rings. The lowest BCUT2D eigenvalue weighted by molar-refractivity contribution is -0.150. The number of nitrogens with zero attached hydrogens (tertiary/aromatic N) is 2. The lowest BCUT2D eigenvalue weighted by Crippen LogP contribution is -2.51. The van der Waals surface area contributed by atoms with E-state index in [1.807, 2.05) is 0 Å². The summed E-state index contributed by atoms with van der Waals surface area (Å²) in [7, 11) is 0. The molecular weight excluding hydrogens is 582 g/mol.